The smallest absolute Gasteiger partial charge is 0.0940 e. The van der Waals surface area contributed by atoms with Gasteiger partial charge in [0.05, 0.1) is 11.7 Å². The Morgan fingerprint density at radius 1 is 1.32 bits per heavy atom. The fourth-order valence-electron chi connectivity index (χ4n) is 3.18. The zero-order valence-electron chi connectivity index (χ0n) is 12.9. The van der Waals surface area contributed by atoms with Gasteiger partial charge in [0.1, 0.15) is 0 Å². The lowest BCUT2D eigenvalue weighted by Crippen LogP contribution is -2.47. The fraction of sp³-hybridized carbons (Fsp3) is 0.882. The van der Waals surface area contributed by atoms with Crippen molar-refractivity contribution in [2.45, 2.75) is 83.3 Å². The van der Waals surface area contributed by atoms with Crippen LogP contribution in [-0.2, 0) is 4.74 Å². The van der Waals surface area contributed by atoms with Gasteiger partial charge in [0, 0.05) is 6.61 Å². The van der Waals surface area contributed by atoms with Crippen molar-refractivity contribution in [1.29, 1.82) is 0 Å². The van der Waals surface area contributed by atoms with E-state index >= 15 is 0 Å². The summed E-state index contributed by atoms with van der Waals surface area (Å²) in [6, 6.07) is 0. The molecule has 112 valence electrons. The van der Waals surface area contributed by atoms with Crippen molar-refractivity contribution in [3.8, 4) is 0 Å². The van der Waals surface area contributed by atoms with Gasteiger partial charge in [0.25, 0.3) is 0 Å². The van der Waals surface area contributed by atoms with Crippen LogP contribution in [0.3, 0.4) is 0 Å². The van der Waals surface area contributed by atoms with Crippen LogP contribution in [0.1, 0.15) is 71.6 Å². The van der Waals surface area contributed by atoms with Gasteiger partial charge in [-0.1, -0.05) is 25.8 Å². The van der Waals surface area contributed by atoms with Crippen LogP contribution in [0.25, 0.3) is 0 Å². The predicted molar refractivity (Wildman–Crippen MR) is 81.3 cm³/mol. The molecule has 19 heavy (non-hydrogen) atoms. The van der Waals surface area contributed by atoms with Gasteiger partial charge in [-0.15, -0.1) is 6.58 Å². The van der Waals surface area contributed by atoms with Crippen LogP contribution in [-0.4, -0.2) is 23.4 Å². The van der Waals surface area contributed by atoms with Crippen LogP contribution in [0, 0.1) is 5.92 Å². The maximum absolute atomic E-state index is 10.6. The Balaban J connectivity index is 2.39. The second kappa shape index (κ2) is 8.76. The number of aliphatic hydroxyl groups is 1. The molecule has 0 heterocycles. The Bertz CT molecular complexity index is 242. The molecule has 0 aromatic heterocycles. The standard InChI is InChI=1S/C17H32O2/c1-4-6-7-8-9-10-16(18)17(19-5-2)13-11-15(3)12-14-17/h4,15-16,18H,1,5-14H2,2-3H3. The van der Waals surface area contributed by atoms with Gasteiger partial charge in [-0.05, 0) is 57.8 Å². The summed E-state index contributed by atoms with van der Waals surface area (Å²) >= 11 is 0. The number of hydrogen-bond acceptors (Lipinski definition) is 2. The van der Waals surface area contributed by atoms with Gasteiger partial charge >= 0.3 is 0 Å². The summed E-state index contributed by atoms with van der Waals surface area (Å²) in [5.41, 5.74) is -0.250. The molecule has 2 heteroatoms. The fourth-order valence-corrected chi connectivity index (χ4v) is 3.18. The highest BCUT2D eigenvalue weighted by atomic mass is 16.5. The lowest BCUT2D eigenvalue weighted by molar-refractivity contribution is -0.146. The SMILES string of the molecule is C=CCCCCCC(O)C1(OCC)CCC(C)CC1. The predicted octanol–water partition coefficient (Wildman–Crippen LogP) is 4.47. The molecule has 1 saturated carbocycles. The molecule has 0 aromatic rings. The lowest BCUT2D eigenvalue weighted by Gasteiger charge is -2.42. The average Bonchev–Trinajstić information content (AvgIpc) is 2.41. The Labute approximate surface area is 119 Å². The molecule has 0 saturated heterocycles. The Hall–Kier alpha value is -0.340. The molecular formula is C17H32O2. The molecule has 1 rings (SSSR count). The zero-order valence-corrected chi connectivity index (χ0v) is 12.9. The summed E-state index contributed by atoms with van der Waals surface area (Å²) in [7, 11) is 0. The van der Waals surface area contributed by atoms with E-state index in [0.717, 1.165) is 38.0 Å². The molecule has 1 aliphatic rings. The molecule has 1 atom stereocenters. The third kappa shape index (κ3) is 5.27. The molecule has 0 spiro atoms. The number of allylic oxidation sites excluding steroid dienone is 1. The van der Waals surface area contributed by atoms with Crippen LogP contribution in [0.15, 0.2) is 12.7 Å². The van der Waals surface area contributed by atoms with Crippen molar-refractivity contribution in [2.75, 3.05) is 6.61 Å². The molecule has 0 amide bonds. The Morgan fingerprint density at radius 2 is 2.00 bits per heavy atom. The highest BCUT2D eigenvalue weighted by Gasteiger charge is 2.40. The number of rotatable bonds is 9. The normalized spacial score (nSPS) is 29.1. The van der Waals surface area contributed by atoms with Crippen LogP contribution >= 0.6 is 0 Å². The first-order valence-electron chi connectivity index (χ1n) is 8.07. The van der Waals surface area contributed by atoms with E-state index in [-0.39, 0.29) is 11.7 Å². The van der Waals surface area contributed by atoms with Crippen molar-refractivity contribution in [3.63, 3.8) is 0 Å². The third-order valence-electron chi connectivity index (χ3n) is 4.55. The van der Waals surface area contributed by atoms with Crippen molar-refractivity contribution < 1.29 is 9.84 Å². The second-order valence-electron chi connectivity index (χ2n) is 6.12. The molecule has 0 radical (unpaired) electrons. The molecule has 1 fully saturated rings. The van der Waals surface area contributed by atoms with Crippen molar-refractivity contribution in [2.24, 2.45) is 5.92 Å². The molecule has 0 aromatic carbocycles. The summed E-state index contributed by atoms with van der Waals surface area (Å²) in [5, 5.41) is 10.6. The van der Waals surface area contributed by atoms with Crippen molar-refractivity contribution >= 4 is 0 Å². The van der Waals surface area contributed by atoms with Crippen LogP contribution in [0.5, 0.6) is 0 Å². The van der Waals surface area contributed by atoms with E-state index in [1.54, 1.807) is 0 Å². The van der Waals surface area contributed by atoms with Gasteiger partial charge in [-0.2, -0.15) is 0 Å². The lowest BCUT2D eigenvalue weighted by atomic mass is 9.75. The summed E-state index contributed by atoms with van der Waals surface area (Å²) < 4.78 is 5.99. The summed E-state index contributed by atoms with van der Waals surface area (Å²) in [6.07, 6.45) is 11.5. The van der Waals surface area contributed by atoms with Gasteiger partial charge < -0.3 is 9.84 Å². The maximum atomic E-state index is 10.6. The van der Waals surface area contributed by atoms with Crippen LogP contribution in [0.4, 0.5) is 0 Å². The van der Waals surface area contributed by atoms with Crippen LogP contribution in [0.2, 0.25) is 0 Å². The summed E-state index contributed by atoms with van der Waals surface area (Å²) in [5.74, 6) is 0.786. The largest absolute Gasteiger partial charge is 0.390 e. The monoisotopic (exact) mass is 268 g/mol. The molecule has 0 aliphatic heterocycles. The molecule has 2 nitrogen and oxygen atoms in total. The molecular weight excluding hydrogens is 236 g/mol. The number of unbranched alkanes of at least 4 members (excludes halogenated alkanes) is 3. The Morgan fingerprint density at radius 3 is 2.58 bits per heavy atom. The third-order valence-corrected chi connectivity index (χ3v) is 4.55. The Kier molecular flexibility index (Phi) is 7.70. The van der Waals surface area contributed by atoms with Gasteiger partial charge in [0.15, 0.2) is 0 Å². The van der Waals surface area contributed by atoms with E-state index < -0.39 is 0 Å². The van der Waals surface area contributed by atoms with E-state index in [1.807, 2.05) is 13.0 Å². The first-order valence-corrected chi connectivity index (χ1v) is 8.07. The number of ether oxygens (including phenoxy) is 1. The van der Waals surface area contributed by atoms with E-state index in [1.165, 1.54) is 25.7 Å². The minimum absolute atomic E-state index is 0.250. The highest BCUT2D eigenvalue weighted by Crippen LogP contribution is 2.38. The zero-order chi connectivity index (χ0) is 14.1. The minimum Gasteiger partial charge on any atom is -0.390 e. The minimum atomic E-state index is -0.288. The maximum Gasteiger partial charge on any atom is 0.0940 e. The van der Waals surface area contributed by atoms with Gasteiger partial charge in [0.2, 0.25) is 0 Å². The van der Waals surface area contributed by atoms with Gasteiger partial charge in [-0.25, -0.2) is 0 Å². The van der Waals surface area contributed by atoms with Crippen molar-refractivity contribution in [1.82, 2.24) is 0 Å². The summed E-state index contributed by atoms with van der Waals surface area (Å²) in [6.45, 7) is 8.79. The van der Waals surface area contributed by atoms with E-state index in [9.17, 15) is 5.11 Å². The number of hydrogen-bond donors (Lipinski definition) is 1. The quantitative estimate of drug-likeness (QED) is 0.494. The number of aliphatic hydroxyl groups excluding tert-OH is 1. The first kappa shape index (κ1) is 16.7. The average molecular weight is 268 g/mol. The van der Waals surface area contributed by atoms with Gasteiger partial charge in [-0.3, -0.25) is 0 Å². The van der Waals surface area contributed by atoms with Crippen molar-refractivity contribution in [3.05, 3.63) is 12.7 Å². The van der Waals surface area contributed by atoms with E-state index in [4.69, 9.17) is 4.74 Å². The molecule has 0 bridgehead atoms. The highest BCUT2D eigenvalue weighted by molar-refractivity contribution is 4.92. The van der Waals surface area contributed by atoms with E-state index in [0.29, 0.717) is 6.61 Å². The van der Waals surface area contributed by atoms with Crippen LogP contribution < -0.4 is 0 Å². The second-order valence-corrected chi connectivity index (χ2v) is 6.12. The first-order chi connectivity index (χ1) is 9.14. The van der Waals surface area contributed by atoms with E-state index in [2.05, 4.69) is 13.5 Å². The topological polar surface area (TPSA) is 29.5 Å². The molecule has 1 N–H and O–H groups in total. The molecule has 1 unspecified atom stereocenters. The summed E-state index contributed by atoms with van der Waals surface area (Å²) in [4.78, 5) is 0. The molecule has 1 aliphatic carbocycles.